The third kappa shape index (κ3) is 6.85. The lowest BCUT2D eigenvalue weighted by atomic mass is 9.83. The number of fused-ring (bicyclic) bond motifs is 1. The molecule has 2 heterocycles. The van der Waals surface area contributed by atoms with Crippen LogP contribution in [0.1, 0.15) is 30.4 Å². The molecule has 2 unspecified atom stereocenters. The fourth-order valence-electron chi connectivity index (χ4n) is 5.10. The molecular weight excluding hydrogens is 541 g/mol. The first-order valence-corrected chi connectivity index (χ1v) is 11.8. The van der Waals surface area contributed by atoms with Crippen LogP contribution in [-0.4, -0.2) is 61.7 Å². The summed E-state index contributed by atoms with van der Waals surface area (Å²) >= 11 is 0. The van der Waals surface area contributed by atoms with Gasteiger partial charge in [-0.3, -0.25) is 15.2 Å². The molecule has 2 aromatic rings. The first-order chi connectivity index (χ1) is 16.2. The maximum absolute atomic E-state index is 11.3. The van der Waals surface area contributed by atoms with Crippen LogP contribution in [0.2, 0.25) is 0 Å². The number of halogens is 1. The van der Waals surface area contributed by atoms with E-state index in [-0.39, 0.29) is 24.0 Å². The van der Waals surface area contributed by atoms with E-state index in [1.54, 1.807) is 0 Å². The number of carbonyl (C=O) groups excluding carboxylic acids is 1. The van der Waals surface area contributed by atoms with E-state index in [2.05, 4.69) is 60.5 Å². The number of nitrogens with zero attached hydrogens (tertiary/aromatic N) is 3. The van der Waals surface area contributed by atoms with Crippen molar-refractivity contribution < 1.29 is 9.53 Å². The summed E-state index contributed by atoms with van der Waals surface area (Å²) in [6.07, 6.45) is 3.26. The SMILES string of the molecule is CN=C(NCc1ccc(NC(=O)OC)cc1)N1CCC2C(CCCN2Cc2ccccc2)C1.I. The Hall–Kier alpha value is -2.33. The average molecular weight is 578 g/mol. The lowest BCUT2D eigenvalue weighted by Gasteiger charge is -2.48. The second-order valence-corrected chi connectivity index (χ2v) is 8.87. The Morgan fingerprint density at radius 1 is 1.06 bits per heavy atom. The first kappa shape index (κ1) is 26.3. The van der Waals surface area contributed by atoms with E-state index >= 15 is 0 Å². The predicted octanol–water partition coefficient (Wildman–Crippen LogP) is 4.54. The molecule has 0 aliphatic carbocycles. The average Bonchev–Trinajstić information content (AvgIpc) is 2.86. The van der Waals surface area contributed by atoms with Gasteiger partial charge in [0.2, 0.25) is 0 Å². The summed E-state index contributed by atoms with van der Waals surface area (Å²) in [5.74, 6) is 1.64. The van der Waals surface area contributed by atoms with Crippen LogP contribution in [0.3, 0.4) is 0 Å². The minimum absolute atomic E-state index is 0. The topological polar surface area (TPSA) is 69.2 Å². The molecule has 2 atom stereocenters. The van der Waals surface area contributed by atoms with Gasteiger partial charge in [0, 0.05) is 45.0 Å². The van der Waals surface area contributed by atoms with Gasteiger partial charge in [0.1, 0.15) is 0 Å². The smallest absolute Gasteiger partial charge is 0.411 e. The van der Waals surface area contributed by atoms with Crippen LogP contribution in [0.4, 0.5) is 10.5 Å². The predicted molar refractivity (Wildman–Crippen MR) is 148 cm³/mol. The third-order valence-electron chi connectivity index (χ3n) is 6.76. The molecule has 2 N–H and O–H groups in total. The van der Waals surface area contributed by atoms with Crippen LogP contribution in [0.5, 0.6) is 0 Å². The lowest BCUT2D eigenvalue weighted by Crippen LogP contribution is -2.56. The van der Waals surface area contributed by atoms with Crippen molar-refractivity contribution in [2.45, 2.75) is 38.4 Å². The summed E-state index contributed by atoms with van der Waals surface area (Å²) < 4.78 is 4.63. The van der Waals surface area contributed by atoms with Gasteiger partial charge in [0.05, 0.1) is 7.11 Å². The van der Waals surface area contributed by atoms with Gasteiger partial charge >= 0.3 is 6.09 Å². The quantitative estimate of drug-likeness (QED) is 0.310. The summed E-state index contributed by atoms with van der Waals surface area (Å²) in [7, 11) is 3.22. The van der Waals surface area contributed by atoms with E-state index in [4.69, 9.17) is 0 Å². The molecule has 2 aliphatic rings. The first-order valence-electron chi connectivity index (χ1n) is 11.8. The van der Waals surface area contributed by atoms with Gasteiger partial charge < -0.3 is 15.0 Å². The van der Waals surface area contributed by atoms with Crippen LogP contribution >= 0.6 is 24.0 Å². The van der Waals surface area contributed by atoms with E-state index in [1.165, 1.54) is 38.5 Å². The number of nitrogens with one attached hydrogen (secondary N) is 2. The highest BCUT2D eigenvalue weighted by atomic mass is 127. The maximum Gasteiger partial charge on any atom is 0.411 e. The standard InChI is InChI=1S/C26H35N5O2.HI/c1-27-25(28-17-20-10-12-23(13-11-20)29-26(32)33-2)31-16-14-24-22(19-31)9-6-15-30(24)18-21-7-4-3-5-8-21;/h3-5,7-8,10-13,22,24H,6,9,14-19H2,1-2H3,(H,27,28)(H,29,32);1H. The number of anilines is 1. The van der Waals surface area contributed by atoms with Crippen molar-refractivity contribution in [3.63, 3.8) is 0 Å². The Kier molecular flexibility index (Phi) is 10.0. The number of piperidine rings is 2. The largest absolute Gasteiger partial charge is 0.453 e. The van der Waals surface area contributed by atoms with E-state index in [0.717, 1.165) is 36.8 Å². The Balaban J connectivity index is 0.00000324. The van der Waals surface area contributed by atoms with Crippen molar-refractivity contribution in [2.75, 3.05) is 39.1 Å². The molecule has 184 valence electrons. The Bertz CT molecular complexity index is 938. The van der Waals surface area contributed by atoms with Crippen molar-refractivity contribution in [3.8, 4) is 0 Å². The molecule has 0 radical (unpaired) electrons. The van der Waals surface area contributed by atoms with E-state index < -0.39 is 6.09 Å². The number of hydrogen-bond donors (Lipinski definition) is 2. The monoisotopic (exact) mass is 577 g/mol. The number of methoxy groups -OCH3 is 1. The summed E-state index contributed by atoms with van der Waals surface area (Å²) in [6.45, 7) is 5.02. The van der Waals surface area contributed by atoms with E-state index in [1.807, 2.05) is 31.3 Å². The van der Waals surface area contributed by atoms with Gasteiger partial charge in [-0.15, -0.1) is 24.0 Å². The molecule has 1 amide bonds. The maximum atomic E-state index is 11.3. The van der Waals surface area contributed by atoms with Gasteiger partial charge in [-0.2, -0.15) is 0 Å². The summed E-state index contributed by atoms with van der Waals surface area (Å²) in [5, 5.41) is 6.20. The van der Waals surface area contributed by atoms with Gasteiger partial charge in [0.15, 0.2) is 5.96 Å². The second kappa shape index (κ2) is 12.9. The van der Waals surface area contributed by atoms with Crippen LogP contribution in [0.15, 0.2) is 59.6 Å². The van der Waals surface area contributed by atoms with Gasteiger partial charge in [-0.05, 0) is 55.0 Å². The van der Waals surface area contributed by atoms with Crippen LogP contribution in [-0.2, 0) is 17.8 Å². The number of benzene rings is 2. The van der Waals surface area contributed by atoms with Gasteiger partial charge in [0.25, 0.3) is 0 Å². The molecule has 4 rings (SSSR count). The Morgan fingerprint density at radius 3 is 2.53 bits per heavy atom. The number of carbonyl (C=O) groups is 1. The summed E-state index contributed by atoms with van der Waals surface area (Å²) in [5.41, 5.74) is 3.26. The van der Waals surface area contributed by atoms with Crippen LogP contribution < -0.4 is 10.6 Å². The molecule has 34 heavy (non-hydrogen) atoms. The Labute approximate surface area is 220 Å². The third-order valence-corrected chi connectivity index (χ3v) is 6.76. The van der Waals surface area contributed by atoms with Crippen molar-refractivity contribution in [3.05, 3.63) is 65.7 Å². The number of amides is 1. The molecule has 2 saturated heterocycles. The number of aliphatic imine (C=N–C) groups is 1. The van der Waals surface area contributed by atoms with Crippen molar-refractivity contribution in [1.82, 2.24) is 15.1 Å². The van der Waals surface area contributed by atoms with Crippen molar-refractivity contribution >= 4 is 41.7 Å². The Morgan fingerprint density at radius 2 is 1.82 bits per heavy atom. The van der Waals surface area contributed by atoms with Crippen LogP contribution in [0.25, 0.3) is 0 Å². The fraction of sp³-hybridized carbons (Fsp3) is 0.462. The molecular formula is C26H36IN5O2. The second-order valence-electron chi connectivity index (χ2n) is 8.87. The van der Waals surface area contributed by atoms with E-state index in [0.29, 0.717) is 18.5 Å². The molecule has 2 fully saturated rings. The number of likely N-dealkylation sites (tertiary alicyclic amines) is 2. The lowest BCUT2D eigenvalue weighted by molar-refractivity contribution is 0.0372. The number of rotatable bonds is 5. The highest BCUT2D eigenvalue weighted by Crippen LogP contribution is 2.31. The fourth-order valence-corrected chi connectivity index (χ4v) is 5.10. The highest BCUT2D eigenvalue weighted by Gasteiger charge is 2.36. The van der Waals surface area contributed by atoms with Crippen LogP contribution in [0, 0.1) is 5.92 Å². The molecule has 0 aromatic heterocycles. The molecule has 0 spiro atoms. The minimum Gasteiger partial charge on any atom is -0.453 e. The zero-order valence-electron chi connectivity index (χ0n) is 20.1. The summed E-state index contributed by atoms with van der Waals surface area (Å²) in [4.78, 5) is 21.0. The number of ether oxygens (including phenoxy) is 1. The van der Waals surface area contributed by atoms with Gasteiger partial charge in [-0.1, -0.05) is 42.5 Å². The zero-order valence-corrected chi connectivity index (χ0v) is 22.4. The van der Waals surface area contributed by atoms with Crippen molar-refractivity contribution in [2.24, 2.45) is 10.9 Å². The van der Waals surface area contributed by atoms with Gasteiger partial charge in [-0.25, -0.2) is 4.79 Å². The van der Waals surface area contributed by atoms with Crippen molar-refractivity contribution in [1.29, 1.82) is 0 Å². The normalized spacial score (nSPS) is 20.6. The van der Waals surface area contributed by atoms with E-state index in [9.17, 15) is 4.79 Å². The minimum atomic E-state index is -0.463. The zero-order chi connectivity index (χ0) is 23.0. The number of hydrogen-bond acceptors (Lipinski definition) is 4. The molecule has 2 aromatic carbocycles. The molecule has 0 bridgehead atoms. The highest BCUT2D eigenvalue weighted by molar-refractivity contribution is 14.0. The molecule has 7 nitrogen and oxygen atoms in total. The molecule has 0 saturated carbocycles. The summed E-state index contributed by atoms with van der Waals surface area (Å²) in [6, 6.07) is 19.3. The number of guanidine groups is 1. The molecule has 2 aliphatic heterocycles. The molecule has 8 heteroatoms.